The van der Waals surface area contributed by atoms with E-state index in [1.54, 1.807) is 36.4 Å². The van der Waals surface area contributed by atoms with E-state index in [2.05, 4.69) is 5.32 Å². The van der Waals surface area contributed by atoms with Gasteiger partial charge in [-0.2, -0.15) is 0 Å². The van der Waals surface area contributed by atoms with Crippen LogP contribution in [0.3, 0.4) is 0 Å². The molecular formula is C16H13Cl3N2O2. The quantitative estimate of drug-likeness (QED) is 0.851. The molecular weight excluding hydrogens is 359 g/mol. The number of nitrogens with one attached hydrogen (secondary N) is 1. The molecule has 0 saturated carbocycles. The molecule has 7 heteroatoms. The van der Waals surface area contributed by atoms with Gasteiger partial charge in [-0.05, 0) is 36.4 Å². The average Bonchev–Trinajstić information content (AvgIpc) is 2.45. The van der Waals surface area contributed by atoms with Gasteiger partial charge in [-0.25, -0.2) is 0 Å². The van der Waals surface area contributed by atoms with Crippen molar-refractivity contribution in [3.63, 3.8) is 0 Å². The molecule has 0 atom stereocenters. The molecule has 0 saturated heterocycles. The van der Waals surface area contributed by atoms with Crippen LogP contribution in [0.1, 0.15) is 6.92 Å². The van der Waals surface area contributed by atoms with Crippen molar-refractivity contribution in [3.8, 4) is 0 Å². The minimum absolute atomic E-state index is 0.177. The van der Waals surface area contributed by atoms with E-state index in [0.29, 0.717) is 26.4 Å². The zero-order valence-corrected chi connectivity index (χ0v) is 14.4. The van der Waals surface area contributed by atoms with Crippen molar-refractivity contribution in [3.05, 3.63) is 57.5 Å². The first kappa shape index (κ1) is 17.6. The fourth-order valence-corrected chi connectivity index (χ4v) is 2.68. The molecule has 0 aliphatic carbocycles. The molecule has 4 nitrogen and oxygen atoms in total. The first-order valence-corrected chi connectivity index (χ1v) is 7.79. The van der Waals surface area contributed by atoms with E-state index in [-0.39, 0.29) is 18.4 Å². The number of anilines is 2. The van der Waals surface area contributed by atoms with E-state index < -0.39 is 0 Å². The summed E-state index contributed by atoms with van der Waals surface area (Å²) in [6, 6.07) is 11.5. The molecule has 0 unspecified atom stereocenters. The molecule has 0 fully saturated rings. The summed E-state index contributed by atoms with van der Waals surface area (Å²) >= 11 is 17.8. The van der Waals surface area contributed by atoms with Crippen LogP contribution in [-0.2, 0) is 9.59 Å². The molecule has 2 aromatic rings. The summed E-state index contributed by atoms with van der Waals surface area (Å²) in [4.78, 5) is 25.3. The van der Waals surface area contributed by atoms with Gasteiger partial charge in [0.1, 0.15) is 6.54 Å². The number of rotatable bonds is 4. The van der Waals surface area contributed by atoms with Crippen molar-refractivity contribution in [2.75, 3.05) is 16.8 Å². The van der Waals surface area contributed by atoms with Crippen LogP contribution in [0.25, 0.3) is 0 Å². The highest BCUT2D eigenvalue weighted by Gasteiger charge is 2.18. The van der Waals surface area contributed by atoms with Crippen molar-refractivity contribution >= 4 is 58.0 Å². The van der Waals surface area contributed by atoms with Crippen LogP contribution < -0.4 is 10.2 Å². The third kappa shape index (κ3) is 4.86. The van der Waals surface area contributed by atoms with Crippen molar-refractivity contribution in [2.45, 2.75) is 6.92 Å². The molecule has 1 N–H and O–H groups in total. The van der Waals surface area contributed by atoms with Crippen LogP contribution in [0.5, 0.6) is 0 Å². The lowest BCUT2D eigenvalue weighted by Gasteiger charge is -2.22. The lowest BCUT2D eigenvalue weighted by molar-refractivity contribution is -0.120. The minimum Gasteiger partial charge on any atom is -0.324 e. The number of carbonyl (C=O) groups excluding carboxylic acids is 2. The molecule has 0 spiro atoms. The van der Waals surface area contributed by atoms with Crippen molar-refractivity contribution in [1.82, 2.24) is 0 Å². The smallest absolute Gasteiger partial charge is 0.244 e. The van der Waals surface area contributed by atoms with Gasteiger partial charge in [-0.15, -0.1) is 0 Å². The predicted octanol–water partition coefficient (Wildman–Crippen LogP) is 4.64. The molecule has 23 heavy (non-hydrogen) atoms. The van der Waals surface area contributed by atoms with Gasteiger partial charge in [0, 0.05) is 22.7 Å². The van der Waals surface area contributed by atoms with Crippen LogP contribution >= 0.6 is 34.8 Å². The van der Waals surface area contributed by atoms with Crippen LogP contribution in [0.15, 0.2) is 42.5 Å². The molecule has 0 bridgehead atoms. The summed E-state index contributed by atoms with van der Waals surface area (Å²) in [7, 11) is 0. The number of amides is 2. The second-order valence-corrected chi connectivity index (χ2v) is 6.04. The summed E-state index contributed by atoms with van der Waals surface area (Å²) in [5, 5.41) is 3.93. The molecule has 0 aromatic heterocycles. The minimum atomic E-state index is -0.367. The predicted molar refractivity (Wildman–Crippen MR) is 94.6 cm³/mol. The van der Waals surface area contributed by atoms with E-state index in [9.17, 15) is 9.59 Å². The Labute approximate surface area is 148 Å². The third-order valence-electron chi connectivity index (χ3n) is 2.99. The molecule has 2 amide bonds. The Morgan fingerprint density at radius 3 is 2.35 bits per heavy atom. The number of nitrogens with zero attached hydrogens (tertiary/aromatic N) is 1. The summed E-state index contributed by atoms with van der Waals surface area (Å²) in [6.45, 7) is 1.18. The fourth-order valence-electron chi connectivity index (χ4n) is 1.98. The lowest BCUT2D eigenvalue weighted by Crippen LogP contribution is -2.36. The molecule has 0 aliphatic heterocycles. The number of benzene rings is 2. The van der Waals surface area contributed by atoms with Crippen molar-refractivity contribution in [1.29, 1.82) is 0 Å². The molecule has 2 aromatic carbocycles. The second-order valence-electron chi connectivity index (χ2n) is 4.76. The highest BCUT2D eigenvalue weighted by atomic mass is 35.5. The third-order valence-corrected chi connectivity index (χ3v) is 3.76. The van der Waals surface area contributed by atoms with Gasteiger partial charge >= 0.3 is 0 Å². The van der Waals surface area contributed by atoms with Gasteiger partial charge in [0.05, 0.1) is 10.7 Å². The molecule has 0 heterocycles. The Hall–Kier alpha value is -1.75. The Kier molecular flexibility index (Phi) is 5.88. The van der Waals surface area contributed by atoms with Gasteiger partial charge in [0.15, 0.2) is 0 Å². The van der Waals surface area contributed by atoms with E-state index >= 15 is 0 Å². The highest BCUT2D eigenvalue weighted by Crippen LogP contribution is 2.29. The standard InChI is InChI=1S/C16H13Cl3N2O2/c1-10(22)21(15-6-5-12(18)8-14(15)19)9-16(23)20-13-4-2-3-11(17)7-13/h2-8H,9H2,1H3,(H,20,23). The number of hydrogen-bond donors (Lipinski definition) is 1. The summed E-state index contributed by atoms with van der Waals surface area (Å²) in [5.41, 5.74) is 0.970. The van der Waals surface area contributed by atoms with Crippen LogP contribution in [0.4, 0.5) is 11.4 Å². The highest BCUT2D eigenvalue weighted by molar-refractivity contribution is 6.36. The summed E-state index contributed by atoms with van der Waals surface area (Å²) < 4.78 is 0. The summed E-state index contributed by atoms with van der Waals surface area (Å²) in [6.07, 6.45) is 0. The molecule has 0 radical (unpaired) electrons. The van der Waals surface area contributed by atoms with Gasteiger partial charge in [-0.1, -0.05) is 40.9 Å². The van der Waals surface area contributed by atoms with Gasteiger partial charge in [0.2, 0.25) is 11.8 Å². The van der Waals surface area contributed by atoms with Gasteiger partial charge in [-0.3, -0.25) is 9.59 Å². The summed E-state index contributed by atoms with van der Waals surface area (Å²) in [5.74, 6) is -0.677. The SMILES string of the molecule is CC(=O)N(CC(=O)Nc1cccc(Cl)c1)c1ccc(Cl)cc1Cl. The Morgan fingerprint density at radius 1 is 1.04 bits per heavy atom. The zero-order chi connectivity index (χ0) is 17.0. The first-order chi connectivity index (χ1) is 10.9. The van der Waals surface area contributed by atoms with Crippen LogP contribution in [0.2, 0.25) is 15.1 Å². The maximum Gasteiger partial charge on any atom is 0.244 e. The average molecular weight is 372 g/mol. The van der Waals surface area contributed by atoms with E-state index in [0.717, 1.165) is 0 Å². The second kappa shape index (κ2) is 7.68. The van der Waals surface area contributed by atoms with E-state index in [1.165, 1.54) is 17.9 Å². The monoisotopic (exact) mass is 370 g/mol. The lowest BCUT2D eigenvalue weighted by atomic mass is 10.2. The first-order valence-electron chi connectivity index (χ1n) is 6.65. The van der Waals surface area contributed by atoms with E-state index in [4.69, 9.17) is 34.8 Å². The Bertz CT molecular complexity index is 750. The topological polar surface area (TPSA) is 49.4 Å². The van der Waals surface area contributed by atoms with E-state index in [1.807, 2.05) is 0 Å². The zero-order valence-electron chi connectivity index (χ0n) is 12.1. The maximum atomic E-state index is 12.2. The van der Waals surface area contributed by atoms with Crippen molar-refractivity contribution < 1.29 is 9.59 Å². The van der Waals surface area contributed by atoms with Crippen LogP contribution in [-0.4, -0.2) is 18.4 Å². The van der Waals surface area contributed by atoms with Gasteiger partial charge in [0.25, 0.3) is 0 Å². The largest absolute Gasteiger partial charge is 0.324 e. The number of carbonyl (C=O) groups is 2. The fraction of sp³-hybridized carbons (Fsp3) is 0.125. The molecule has 120 valence electrons. The Morgan fingerprint density at radius 2 is 1.74 bits per heavy atom. The van der Waals surface area contributed by atoms with Crippen LogP contribution in [0, 0.1) is 0 Å². The normalized spacial score (nSPS) is 10.3. The maximum absolute atomic E-state index is 12.2. The van der Waals surface area contributed by atoms with Crippen molar-refractivity contribution in [2.24, 2.45) is 0 Å². The number of hydrogen-bond acceptors (Lipinski definition) is 2. The number of halogens is 3. The molecule has 2 rings (SSSR count). The Balaban J connectivity index is 2.16. The molecule has 0 aliphatic rings. The van der Waals surface area contributed by atoms with Gasteiger partial charge < -0.3 is 10.2 Å².